The molecule has 0 radical (unpaired) electrons. The maximum atomic E-state index is 13.8. The van der Waals surface area contributed by atoms with Crippen molar-refractivity contribution in [1.82, 2.24) is 0 Å². The van der Waals surface area contributed by atoms with Gasteiger partial charge in [0.15, 0.2) is 17.5 Å². The second-order valence-corrected chi connectivity index (χ2v) is 7.03. The Bertz CT molecular complexity index is 901. The van der Waals surface area contributed by atoms with Gasteiger partial charge < -0.3 is 10.6 Å². The van der Waals surface area contributed by atoms with E-state index in [1.165, 1.54) is 13.8 Å². The van der Waals surface area contributed by atoms with Crippen LogP contribution in [0.5, 0.6) is 0 Å². The molecule has 0 aliphatic heterocycles. The summed E-state index contributed by atoms with van der Waals surface area (Å²) in [7, 11) is 0. The molecule has 0 saturated heterocycles. The number of hydrogen-bond acceptors (Lipinski definition) is 2. The molecule has 0 fully saturated rings. The van der Waals surface area contributed by atoms with Crippen LogP contribution in [0, 0.1) is 43.6 Å². The van der Waals surface area contributed by atoms with Crippen molar-refractivity contribution in [3.63, 3.8) is 0 Å². The summed E-state index contributed by atoms with van der Waals surface area (Å²) >= 11 is 0. The van der Waals surface area contributed by atoms with Gasteiger partial charge in [0.2, 0.25) is 11.8 Å². The molecule has 0 spiro atoms. The van der Waals surface area contributed by atoms with Crippen LogP contribution in [0.25, 0.3) is 0 Å². The molecule has 0 bridgehead atoms. The van der Waals surface area contributed by atoms with Gasteiger partial charge in [0.1, 0.15) is 5.41 Å². The van der Waals surface area contributed by atoms with Crippen LogP contribution in [-0.2, 0) is 9.59 Å². The highest BCUT2D eigenvalue weighted by atomic mass is 19.2. The number of hydrogen-bond donors (Lipinski definition) is 2. The first-order valence-corrected chi connectivity index (χ1v) is 8.29. The Kier molecular flexibility index (Phi) is 5.63. The summed E-state index contributed by atoms with van der Waals surface area (Å²) in [5.74, 6) is -6.05. The molecule has 2 amide bonds. The molecule has 0 aliphatic rings. The fraction of sp³-hybridized carbons (Fsp3) is 0.300. The number of aryl methyl sites for hydroxylation is 3. The maximum absolute atomic E-state index is 13.8. The molecule has 2 N–H and O–H groups in total. The summed E-state index contributed by atoms with van der Waals surface area (Å²) in [6, 6.07) is 5.38. The molecule has 2 aromatic rings. The van der Waals surface area contributed by atoms with Gasteiger partial charge in [-0.05, 0) is 57.9 Å². The molecule has 4 nitrogen and oxygen atoms in total. The minimum atomic E-state index is -1.69. The molecule has 7 heteroatoms. The lowest BCUT2D eigenvalue weighted by molar-refractivity contribution is -0.135. The van der Waals surface area contributed by atoms with E-state index in [-0.39, 0.29) is 0 Å². The summed E-state index contributed by atoms with van der Waals surface area (Å²) in [6.45, 7) is 8.31. The number of carbonyl (C=O) groups is 2. The van der Waals surface area contributed by atoms with Crippen LogP contribution in [0.1, 0.15) is 30.5 Å². The highest BCUT2D eigenvalue weighted by Gasteiger charge is 2.37. The Hall–Kier alpha value is -2.83. The van der Waals surface area contributed by atoms with E-state index >= 15 is 0 Å². The minimum absolute atomic E-state index is 0.539. The SMILES string of the molecule is Cc1cc(C)c(NC(=O)C(C)(C)C(=O)Nc2ccc(F)c(F)c2F)c(C)c1. The largest absolute Gasteiger partial charge is 0.325 e. The molecule has 2 aromatic carbocycles. The fourth-order valence-electron chi connectivity index (χ4n) is 2.65. The van der Waals surface area contributed by atoms with Crippen molar-refractivity contribution in [1.29, 1.82) is 0 Å². The second kappa shape index (κ2) is 7.42. The molecule has 0 unspecified atom stereocenters. The average molecular weight is 378 g/mol. The van der Waals surface area contributed by atoms with Crippen LogP contribution < -0.4 is 10.6 Å². The van der Waals surface area contributed by atoms with Gasteiger partial charge in [-0.2, -0.15) is 0 Å². The molecule has 27 heavy (non-hydrogen) atoms. The number of rotatable bonds is 4. The van der Waals surface area contributed by atoms with E-state index in [4.69, 9.17) is 0 Å². The summed E-state index contributed by atoms with van der Waals surface area (Å²) in [5, 5.41) is 4.86. The van der Waals surface area contributed by atoms with Crippen molar-refractivity contribution >= 4 is 23.2 Å². The van der Waals surface area contributed by atoms with Gasteiger partial charge >= 0.3 is 0 Å². The van der Waals surface area contributed by atoms with Gasteiger partial charge in [0.25, 0.3) is 0 Å². The lowest BCUT2D eigenvalue weighted by Crippen LogP contribution is -2.42. The Labute approximate surface area is 155 Å². The van der Waals surface area contributed by atoms with Crippen LogP contribution in [-0.4, -0.2) is 11.8 Å². The van der Waals surface area contributed by atoms with Gasteiger partial charge in [-0.3, -0.25) is 9.59 Å². The second-order valence-electron chi connectivity index (χ2n) is 7.03. The molecule has 0 aromatic heterocycles. The number of nitrogens with one attached hydrogen (secondary N) is 2. The minimum Gasteiger partial charge on any atom is -0.325 e. The monoisotopic (exact) mass is 378 g/mol. The summed E-state index contributed by atoms with van der Waals surface area (Å²) in [4.78, 5) is 25.1. The van der Waals surface area contributed by atoms with Crippen LogP contribution in [0.4, 0.5) is 24.5 Å². The first-order chi connectivity index (χ1) is 12.4. The lowest BCUT2D eigenvalue weighted by Gasteiger charge is -2.24. The first-order valence-electron chi connectivity index (χ1n) is 8.29. The Morgan fingerprint density at radius 1 is 0.852 bits per heavy atom. The maximum Gasteiger partial charge on any atom is 0.239 e. The third-order valence-corrected chi connectivity index (χ3v) is 4.33. The smallest absolute Gasteiger partial charge is 0.239 e. The third-order valence-electron chi connectivity index (χ3n) is 4.33. The topological polar surface area (TPSA) is 58.2 Å². The molecule has 0 aliphatic carbocycles. The van der Waals surface area contributed by atoms with Gasteiger partial charge in [-0.25, -0.2) is 13.2 Å². The van der Waals surface area contributed by atoms with Gasteiger partial charge in [0.05, 0.1) is 5.69 Å². The standard InChI is InChI=1S/C20H21F3N2O2/c1-10-8-11(2)17(12(3)9-10)25-19(27)20(4,5)18(26)24-14-7-6-13(21)15(22)16(14)23/h6-9H,1-5H3,(H,24,26)(H,25,27). The van der Waals surface area contributed by atoms with Gasteiger partial charge in [-0.15, -0.1) is 0 Å². The molecule has 0 saturated carbocycles. The zero-order valence-electron chi connectivity index (χ0n) is 15.8. The Morgan fingerprint density at radius 2 is 1.37 bits per heavy atom. The van der Waals surface area contributed by atoms with Crippen LogP contribution in [0.15, 0.2) is 24.3 Å². The van der Waals surface area contributed by atoms with E-state index in [9.17, 15) is 22.8 Å². The number of benzene rings is 2. The van der Waals surface area contributed by atoms with Gasteiger partial charge in [0, 0.05) is 5.69 Å². The van der Waals surface area contributed by atoms with E-state index in [0.29, 0.717) is 11.8 Å². The summed E-state index contributed by atoms with van der Waals surface area (Å²) in [5.41, 5.74) is 1.16. The number of anilines is 2. The van der Waals surface area contributed by atoms with Crippen molar-refractivity contribution in [2.24, 2.45) is 5.41 Å². The summed E-state index contributed by atoms with van der Waals surface area (Å²) < 4.78 is 40.1. The molecule has 0 atom stereocenters. The predicted molar refractivity (Wildman–Crippen MR) is 98.0 cm³/mol. The van der Waals surface area contributed by atoms with E-state index in [0.717, 1.165) is 22.8 Å². The van der Waals surface area contributed by atoms with Gasteiger partial charge in [-0.1, -0.05) is 17.7 Å². The molecular formula is C20H21F3N2O2. The van der Waals surface area contributed by atoms with Crippen LogP contribution in [0.2, 0.25) is 0 Å². The van der Waals surface area contributed by atoms with Crippen molar-refractivity contribution in [3.8, 4) is 0 Å². The average Bonchev–Trinajstić information content (AvgIpc) is 2.58. The highest BCUT2D eigenvalue weighted by molar-refractivity contribution is 6.14. The fourth-order valence-corrected chi connectivity index (χ4v) is 2.65. The lowest BCUT2D eigenvalue weighted by atomic mass is 9.90. The normalized spacial score (nSPS) is 11.3. The van der Waals surface area contributed by atoms with Crippen molar-refractivity contribution < 1.29 is 22.8 Å². The highest BCUT2D eigenvalue weighted by Crippen LogP contribution is 2.27. The van der Waals surface area contributed by atoms with E-state index < -0.39 is 40.4 Å². The van der Waals surface area contributed by atoms with E-state index in [1.54, 1.807) is 0 Å². The molecular weight excluding hydrogens is 357 g/mol. The zero-order chi connectivity index (χ0) is 20.5. The van der Waals surface area contributed by atoms with Crippen molar-refractivity contribution in [2.75, 3.05) is 10.6 Å². The Balaban J connectivity index is 2.23. The van der Waals surface area contributed by atoms with Crippen LogP contribution >= 0.6 is 0 Å². The Morgan fingerprint density at radius 3 is 1.93 bits per heavy atom. The van der Waals surface area contributed by atoms with E-state index in [1.807, 2.05) is 32.9 Å². The van der Waals surface area contributed by atoms with Crippen LogP contribution in [0.3, 0.4) is 0 Å². The first kappa shape index (κ1) is 20.5. The van der Waals surface area contributed by atoms with E-state index in [2.05, 4.69) is 10.6 Å². The number of halogens is 3. The third kappa shape index (κ3) is 4.13. The quantitative estimate of drug-likeness (QED) is 0.602. The summed E-state index contributed by atoms with van der Waals surface area (Å²) in [6.07, 6.45) is 0. The number of amides is 2. The van der Waals surface area contributed by atoms with Crippen molar-refractivity contribution in [2.45, 2.75) is 34.6 Å². The van der Waals surface area contributed by atoms with Crippen molar-refractivity contribution in [3.05, 3.63) is 58.4 Å². The predicted octanol–water partition coefficient (Wildman–Crippen LogP) is 4.63. The molecule has 0 heterocycles. The molecule has 144 valence electrons. The molecule has 2 rings (SSSR count). The number of carbonyl (C=O) groups excluding carboxylic acids is 2. The zero-order valence-corrected chi connectivity index (χ0v) is 15.8.